The highest BCUT2D eigenvalue weighted by molar-refractivity contribution is 9.10. The van der Waals surface area contributed by atoms with E-state index in [2.05, 4.69) is 34.8 Å². The summed E-state index contributed by atoms with van der Waals surface area (Å²) in [5, 5.41) is 0. The monoisotopic (exact) mass is 372 g/mol. The van der Waals surface area contributed by atoms with Gasteiger partial charge in [0.15, 0.2) is 6.29 Å². The molecule has 1 aromatic heterocycles. The third-order valence-electron chi connectivity index (χ3n) is 4.57. The van der Waals surface area contributed by atoms with Gasteiger partial charge in [-0.3, -0.25) is 0 Å². The topological polar surface area (TPSA) is 34.6 Å². The number of nitrogens with zero attached hydrogens (tertiary/aromatic N) is 2. The molecule has 3 heterocycles. The van der Waals surface area contributed by atoms with Gasteiger partial charge in [0, 0.05) is 36.3 Å². The maximum Gasteiger partial charge on any atom is 0.236 e. The summed E-state index contributed by atoms with van der Waals surface area (Å²) in [6.07, 6.45) is 4.62. The molecule has 2 aliphatic rings. The van der Waals surface area contributed by atoms with Crippen LogP contribution in [0.1, 0.15) is 33.1 Å². The molecule has 22 heavy (non-hydrogen) atoms. The zero-order valence-corrected chi connectivity index (χ0v) is 14.6. The molecule has 0 aliphatic carbocycles. The second-order valence-corrected chi connectivity index (χ2v) is 7.50. The Hall–Kier alpha value is -0.720. The number of anilines is 1. The van der Waals surface area contributed by atoms with Crippen molar-refractivity contribution < 1.29 is 13.9 Å². The van der Waals surface area contributed by atoms with E-state index in [1.54, 1.807) is 6.07 Å². The summed E-state index contributed by atoms with van der Waals surface area (Å²) >= 11 is 3.34. The molecule has 122 valence electrons. The molecular formula is C16H22BrFN2O2. The second-order valence-electron chi connectivity index (χ2n) is 6.58. The van der Waals surface area contributed by atoms with Gasteiger partial charge in [-0.1, -0.05) is 0 Å². The van der Waals surface area contributed by atoms with Crippen molar-refractivity contribution in [1.29, 1.82) is 0 Å². The van der Waals surface area contributed by atoms with Gasteiger partial charge in [-0.25, -0.2) is 4.98 Å². The van der Waals surface area contributed by atoms with E-state index in [1.807, 2.05) is 4.90 Å². The molecule has 0 amide bonds. The average Bonchev–Trinajstić information content (AvgIpc) is 2.41. The van der Waals surface area contributed by atoms with Crippen molar-refractivity contribution in [3.05, 3.63) is 22.7 Å². The summed E-state index contributed by atoms with van der Waals surface area (Å²) in [4.78, 5) is 5.76. The van der Waals surface area contributed by atoms with Gasteiger partial charge in [0.1, 0.15) is 0 Å². The van der Waals surface area contributed by atoms with E-state index in [9.17, 15) is 4.39 Å². The fourth-order valence-corrected chi connectivity index (χ4v) is 3.31. The minimum absolute atomic E-state index is 0.0953. The van der Waals surface area contributed by atoms with Crippen molar-refractivity contribution in [1.82, 2.24) is 4.98 Å². The van der Waals surface area contributed by atoms with Gasteiger partial charge in [0.05, 0.1) is 11.3 Å². The minimum atomic E-state index is -0.420. The molecule has 1 atom stereocenters. The van der Waals surface area contributed by atoms with Gasteiger partial charge < -0.3 is 14.4 Å². The molecule has 2 fully saturated rings. The van der Waals surface area contributed by atoms with Gasteiger partial charge >= 0.3 is 0 Å². The molecule has 1 unspecified atom stereocenters. The summed E-state index contributed by atoms with van der Waals surface area (Å²) in [6.45, 7) is 6.53. The third-order valence-corrected chi connectivity index (χ3v) is 5.00. The summed E-state index contributed by atoms with van der Waals surface area (Å²) in [5.41, 5.74) is 0.282. The first kappa shape index (κ1) is 16.1. The molecule has 0 aromatic carbocycles. The van der Waals surface area contributed by atoms with E-state index in [0.717, 1.165) is 43.4 Å². The Bertz CT molecular complexity index is 529. The van der Waals surface area contributed by atoms with E-state index >= 15 is 0 Å². The van der Waals surface area contributed by atoms with Crippen LogP contribution in [-0.4, -0.2) is 36.6 Å². The lowest BCUT2D eigenvalue weighted by Crippen LogP contribution is -2.58. The third kappa shape index (κ3) is 3.44. The van der Waals surface area contributed by atoms with Crippen LogP contribution in [0.3, 0.4) is 0 Å². The predicted molar refractivity (Wildman–Crippen MR) is 86.4 cm³/mol. The van der Waals surface area contributed by atoms with Gasteiger partial charge in [-0.05, 0) is 55.1 Å². The van der Waals surface area contributed by atoms with Crippen molar-refractivity contribution in [3.63, 3.8) is 0 Å². The summed E-state index contributed by atoms with van der Waals surface area (Å²) in [7, 11) is 0. The highest BCUT2D eigenvalue weighted by Gasteiger charge is 2.42. The molecule has 0 spiro atoms. The van der Waals surface area contributed by atoms with Crippen LogP contribution in [0.5, 0.6) is 0 Å². The number of hydrogen-bond donors (Lipinski definition) is 0. The number of halogens is 2. The lowest BCUT2D eigenvalue weighted by atomic mass is 9.83. The van der Waals surface area contributed by atoms with Crippen molar-refractivity contribution in [3.8, 4) is 0 Å². The zero-order chi connectivity index (χ0) is 15.7. The fraction of sp³-hybridized carbons (Fsp3) is 0.688. The Labute approximate surface area is 139 Å². The van der Waals surface area contributed by atoms with Crippen LogP contribution in [0.25, 0.3) is 0 Å². The quantitative estimate of drug-likeness (QED) is 0.754. The van der Waals surface area contributed by atoms with E-state index in [-0.39, 0.29) is 11.9 Å². The maximum atomic E-state index is 13.8. The highest BCUT2D eigenvalue weighted by Crippen LogP contribution is 2.36. The molecule has 0 saturated carbocycles. The Kier molecular flexibility index (Phi) is 4.71. The highest BCUT2D eigenvalue weighted by atomic mass is 79.9. The standard InChI is InChI=1S/C16H22BrFN2O2/c1-16(2,22-14-5-3-4-6-21-14)11-9-20(10-11)13-7-12(17)8-19-15(13)18/h7-8,11,14H,3-6,9-10H2,1-2H3. The number of hydrogen-bond acceptors (Lipinski definition) is 4. The first-order chi connectivity index (χ1) is 10.5. The largest absolute Gasteiger partial charge is 0.367 e. The number of pyridine rings is 1. The predicted octanol–water partition coefficient (Wildman–Crippen LogP) is 3.74. The first-order valence-electron chi connectivity index (χ1n) is 7.81. The minimum Gasteiger partial charge on any atom is -0.367 e. The fourth-order valence-electron chi connectivity index (χ4n) is 2.99. The summed E-state index contributed by atoms with van der Waals surface area (Å²) in [5.74, 6) is -0.0626. The molecule has 0 radical (unpaired) electrons. The molecule has 6 heteroatoms. The lowest BCUT2D eigenvalue weighted by molar-refractivity contribution is -0.231. The molecule has 0 bridgehead atoms. The van der Waals surface area contributed by atoms with Crippen molar-refractivity contribution >= 4 is 21.6 Å². The molecule has 1 aromatic rings. The SMILES string of the molecule is CC(C)(OC1CCCCO1)C1CN(c2cc(Br)cnc2F)C1. The Morgan fingerprint density at radius 2 is 2.18 bits per heavy atom. The summed E-state index contributed by atoms with van der Waals surface area (Å²) in [6, 6.07) is 1.77. The lowest BCUT2D eigenvalue weighted by Gasteiger charge is -2.49. The summed E-state index contributed by atoms with van der Waals surface area (Å²) < 4.78 is 26.4. The maximum absolute atomic E-state index is 13.8. The van der Waals surface area contributed by atoms with Gasteiger partial charge in [-0.2, -0.15) is 4.39 Å². The van der Waals surface area contributed by atoms with Crippen LogP contribution >= 0.6 is 15.9 Å². The van der Waals surface area contributed by atoms with Gasteiger partial charge in [-0.15, -0.1) is 0 Å². The van der Waals surface area contributed by atoms with E-state index in [0.29, 0.717) is 11.6 Å². The van der Waals surface area contributed by atoms with Crippen LogP contribution in [-0.2, 0) is 9.47 Å². The van der Waals surface area contributed by atoms with Crippen LogP contribution in [0.2, 0.25) is 0 Å². The number of ether oxygens (including phenoxy) is 2. The molecule has 4 nitrogen and oxygen atoms in total. The van der Waals surface area contributed by atoms with Crippen LogP contribution in [0, 0.1) is 11.9 Å². The van der Waals surface area contributed by atoms with Crippen LogP contribution in [0.4, 0.5) is 10.1 Å². The van der Waals surface area contributed by atoms with E-state index in [1.165, 1.54) is 6.20 Å². The second kappa shape index (κ2) is 6.42. The van der Waals surface area contributed by atoms with Crippen molar-refractivity contribution in [2.24, 2.45) is 5.92 Å². The van der Waals surface area contributed by atoms with Gasteiger partial charge in [0.2, 0.25) is 5.95 Å². The van der Waals surface area contributed by atoms with Crippen molar-refractivity contribution in [2.75, 3.05) is 24.6 Å². The molecule has 3 rings (SSSR count). The normalized spacial score (nSPS) is 23.5. The Balaban J connectivity index is 1.58. The molecule has 0 N–H and O–H groups in total. The average molecular weight is 373 g/mol. The molecule has 2 saturated heterocycles. The smallest absolute Gasteiger partial charge is 0.236 e. The first-order valence-corrected chi connectivity index (χ1v) is 8.60. The molecular weight excluding hydrogens is 351 g/mol. The Morgan fingerprint density at radius 3 is 2.86 bits per heavy atom. The number of rotatable bonds is 4. The van der Waals surface area contributed by atoms with Crippen molar-refractivity contribution in [2.45, 2.75) is 45.0 Å². The Morgan fingerprint density at radius 1 is 1.41 bits per heavy atom. The van der Waals surface area contributed by atoms with E-state index < -0.39 is 5.95 Å². The zero-order valence-electron chi connectivity index (χ0n) is 13.0. The van der Waals surface area contributed by atoms with Crippen LogP contribution < -0.4 is 4.90 Å². The number of aromatic nitrogens is 1. The molecule has 2 aliphatic heterocycles. The van der Waals surface area contributed by atoms with E-state index in [4.69, 9.17) is 9.47 Å². The van der Waals surface area contributed by atoms with Crippen LogP contribution in [0.15, 0.2) is 16.7 Å². The van der Waals surface area contributed by atoms with Gasteiger partial charge in [0.25, 0.3) is 0 Å².